The average Bonchev–Trinajstić information content (AvgIpc) is 3.07. The van der Waals surface area contributed by atoms with Crippen LogP contribution in [0.5, 0.6) is 0 Å². The van der Waals surface area contributed by atoms with Crippen LogP contribution in [-0.4, -0.2) is 22.5 Å². The van der Waals surface area contributed by atoms with E-state index in [1.165, 1.54) is 38.6 Å². The fourth-order valence-corrected chi connectivity index (χ4v) is 4.50. The Morgan fingerprint density at radius 2 is 1.96 bits per heavy atom. The van der Waals surface area contributed by atoms with Crippen LogP contribution < -0.4 is 0 Å². The van der Waals surface area contributed by atoms with E-state index in [9.17, 15) is 0 Å². The topological polar surface area (TPSA) is 29.3 Å². The van der Waals surface area contributed by atoms with Crippen molar-refractivity contribution in [2.24, 2.45) is 11.8 Å². The molecule has 0 spiro atoms. The lowest BCUT2D eigenvalue weighted by Gasteiger charge is -2.47. The number of fused-ring (bicyclic) bond motifs is 1. The van der Waals surface area contributed by atoms with E-state index in [1.54, 1.807) is 0 Å². The van der Waals surface area contributed by atoms with Crippen LogP contribution >= 0.6 is 0 Å². The van der Waals surface area contributed by atoms with Crippen LogP contribution in [0.15, 0.2) is 40.9 Å². The van der Waals surface area contributed by atoms with Gasteiger partial charge < -0.3 is 4.42 Å². The van der Waals surface area contributed by atoms with Crippen LogP contribution in [-0.2, 0) is 6.54 Å². The van der Waals surface area contributed by atoms with Gasteiger partial charge in [0.15, 0.2) is 5.76 Å². The van der Waals surface area contributed by atoms with Gasteiger partial charge in [0.2, 0.25) is 5.89 Å². The maximum atomic E-state index is 6.03. The maximum absolute atomic E-state index is 6.03. The number of hydrogen-bond acceptors (Lipinski definition) is 3. The summed E-state index contributed by atoms with van der Waals surface area (Å²) < 4.78 is 6.03. The molecule has 0 amide bonds. The van der Waals surface area contributed by atoms with Gasteiger partial charge in [-0.1, -0.05) is 50.1 Å². The quantitative estimate of drug-likeness (QED) is 0.820. The average molecular weight is 310 g/mol. The first-order valence-corrected chi connectivity index (χ1v) is 9.05. The van der Waals surface area contributed by atoms with Crippen LogP contribution in [0.3, 0.4) is 0 Å². The zero-order valence-corrected chi connectivity index (χ0v) is 13.9. The Balaban J connectivity index is 1.48. The third-order valence-corrected chi connectivity index (χ3v) is 5.80. The lowest BCUT2D eigenvalue weighted by atomic mass is 9.72. The summed E-state index contributed by atoms with van der Waals surface area (Å²) in [7, 11) is 0. The van der Waals surface area contributed by atoms with Gasteiger partial charge in [-0.05, 0) is 37.6 Å². The van der Waals surface area contributed by atoms with Gasteiger partial charge in [-0.3, -0.25) is 4.90 Å². The summed E-state index contributed by atoms with van der Waals surface area (Å²) in [5, 5.41) is 0. The minimum Gasteiger partial charge on any atom is -0.439 e. The van der Waals surface area contributed by atoms with Crippen molar-refractivity contribution in [2.75, 3.05) is 6.54 Å². The molecule has 2 aliphatic rings. The Bertz CT molecular complexity index is 636. The highest BCUT2D eigenvalue weighted by atomic mass is 16.4. The van der Waals surface area contributed by atoms with Gasteiger partial charge in [0.05, 0.1) is 12.7 Å². The fourth-order valence-electron chi connectivity index (χ4n) is 4.50. The lowest BCUT2D eigenvalue weighted by Crippen LogP contribution is -2.49. The molecule has 2 heterocycles. The number of likely N-dealkylation sites (tertiary alicyclic amines) is 1. The van der Waals surface area contributed by atoms with E-state index in [1.807, 2.05) is 24.4 Å². The molecule has 2 fully saturated rings. The molecule has 3 heteroatoms. The molecule has 122 valence electrons. The molecule has 1 saturated heterocycles. The largest absolute Gasteiger partial charge is 0.439 e. The first-order chi connectivity index (χ1) is 11.3. The normalized spacial score (nSPS) is 28.5. The monoisotopic (exact) mass is 310 g/mol. The van der Waals surface area contributed by atoms with Crippen LogP contribution in [0.2, 0.25) is 0 Å². The zero-order valence-electron chi connectivity index (χ0n) is 13.9. The third-order valence-electron chi connectivity index (χ3n) is 5.80. The first-order valence-electron chi connectivity index (χ1n) is 9.05. The summed E-state index contributed by atoms with van der Waals surface area (Å²) in [5.41, 5.74) is 1.11. The van der Waals surface area contributed by atoms with Gasteiger partial charge >= 0.3 is 0 Å². The molecule has 3 nitrogen and oxygen atoms in total. The molecular formula is C20H26N2O. The van der Waals surface area contributed by atoms with E-state index >= 15 is 0 Å². The molecule has 2 aromatic rings. The Kier molecular flexibility index (Phi) is 4.21. The minimum absolute atomic E-state index is 0.736. The molecule has 4 rings (SSSR count). The summed E-state index contributed by atoms with van der Waals surface area (Å²) in [6.07, 6.45) is 8.73. The molecular weight excluding hydrogens is 284 g/mol. The lowest BCUT2D eigenvalue weighted by molar-refractivity contribution is 0.0155. The zero-order chi connectivity index (χ0) is 15.6. The van der Waals surface area contributed by atoms with Gasteiger partial charge in [0.1, 0.15) is 0 Å². The highest BCUT2D eigenvalue weighted by molar-refractivity contribution is 5.55. The van der Waals surface area contributed by atoms with Crippen molar-refractivity contribution in [1.29, 1.82) is 0 Å². The van der Waals surface area contributed by atoms with E-state index in [-0.39, 0.29) is 0 Å². The molecule has 3 atom stereocenters. The highest BCUT2D eigenvalue weighted by Gasteiger charge is 2.37. The Morgan fingerprint density at radius 3 is 2.83 bits per heavy atom. The molecule has 1 aromatic heterocycles. The molecule has 1 aliphatic carbocycles. The second-order valence-corrected chi connectivity index (χ2v) is 7.24. The first kappa shape index (κ1) is 14.9. The van der Waals surface area contributed by atoms with Crippen molar-refractivity contribution in [3.63, 3.8) is 0 Å². The summed E-state index contributed by atoms with van der Waals surface area (Å²) in [4.78, 5) is 7.16. The van der Waals surface area contributed by atoms with E-state index in [0.717, 1.165) is 41.6 Å². The number of benzene rings is 1. The number of oxazole rings is 1. The number of nitrogens with zero attached hydrogens (tertiary/aromatic N) is 2. The summed E-state index contributed by atoms with van der Waals surface area (Å²) in [5.74, 6) is 3.50. The third kappa shape index (κ3) is 3.07. The number of aromatic nitrogens is 1. The molecule has 0 bridgehead atoms. The number of rotatable bonds is 3. The standard InChI is InChI=1S/C20H26N2O/c1-15-11-12-22(18-10-6-5-9-17(15)18)14-20-21-13-19(23-20)16-7-3-2-4-8-16/h2-4,7-8,13,15,17-18H,5-6,9-12,14H2,1H3/t15-,17+,18-/m1/s1. The van der Waals surface area contributed by atoms with E-state index in [2.05, 4.69) is 28.9 Å². The summed E-state index contributed by atoms with van der Waals surface area (Å²) >= 11 is 0. The van der Waals surface area contributed by atoms with E-state index in [4.69, 9.17) is 4.42 Å². The Morgan fingerprint density at radius 1 is 1.13 bits per heavy atom. The molecule has 1 aliphatic heterocycles. The molecule has 0 unspecified atom stereocenters. The van der Waals surface area contributed by atoms with Crippen molar-refractivity contribution >= 4 is 0 Å². The number of piperidine rings is 1. The smallest absolute Gasteiger partial charge is 0.209 e. The predicted octanol–water partition coefficient (Wildman–Crippen LogP) is 4.74. The van der Waals surface area contributed by atoms with Gasteiger partial charge in [0, 0.05) is 11.6 Å². The number of hydrogen-bond donors (Lipinski definition) is 0. The van der Waals surface area contributed by atoms with Gasteiger partial charge in [-0.25, -0.2) is 4.98 Å². The predicted molar refractivity (Wildman–Crippen MR) is 91.9 cm³/mol. The molecule has 1 aromatic carbocycles. The second kappa shape index (κ2) is 6.48. The minimum atomic E-state index is 0.736. The van der Waals surface area contributed by atoms with Crippen LogP contribution in [0.25, 0.3) is 11.3 Å². The summed E-state index contributed by atoms with van der Waals surface area (Å²) in [6, 6.07) is 11.0. The molecule has 0 N–H and O–H groups in total. The SMILES string of the molecule is C[C@@H]1CCN(Cc2ncc(-c3ccccc3)o2)[C@@H]2CCCC[C@@H]12. The van der Waals surface area contributed by atoms with Crippen molar-refractivity contribution in [1.82, 2.24) is 9.88 Å². The van der Waals surface area contributed by atoms with Crippen molar-refractivity contribution < 1.29 is 4.42 Å². The van der Waals surface area contributed by atoms with Gasteiger partial charge in [-0.2, -0.15) is 0 Å². The van der Waals surface area contributed by atoms with Gasteiger partial charge in [-0.15, -0.1) is 0 Å². The highest BCUT2D eigenvalue weighted by Crippen LogP contribution is 2.39. The van der Waals surface area contributed by atoms with Crippen molar-refractivity contribution in [3.05, 3.63) is 42.4 Å². The fraction of sp³-hybridized carbons (Fsp3) is 0.550. The Labute approximate surface area is 138 Å². The van der Waals surface area contributed by atoms with Crippen LogP contribution in [0.1, 0.15) is 44.9 Å². The molecule has 1 saturated carbocycles. The maximum Gasteiger partial charge on any atom is 0.209 e. The second-order valence-electron chi connectivity index (χ2n) is 7.24. The van der Waals surface area contributed by atoms with Crippen molar-refractivity contribution in [2.45, 2.75) is 51.6 Å². The van der Waals surface area contributed by atoms with Crippen molar-refractivity contribution in [3.8, 4) is 11.3 Å². The summed E-state index contributed by atoms with van der Waals surface area (Å²) in [6.45, 7) is 4.49. The van der Waals surface area contributed by atoms with E-state index < -0.39 is 0 Å². The van der Waals surface area contributed by atoms with Crippen LogP contribution in [0.4, 0.5) is 0 Å². The van der Waals surface area contributed by atoms with Crippen LogP contribution in [0, 0.1) is 11.8 Å². The molecule has 0 radical (unpaired) electrons. The van der Waals surface area contributed by atoms with E-state index in [0.29, 0.717) is 0 Å². The molecule has 23 heavy (non-hydrogen) atoms. The Hall–Kier alpha value is -1.61. The van der Waals surface area contributed by atoms with Gasteiger partial charge in [0.25, 0.3) is 0 Å².